The molecule has 28 heavy (non-hydrogen) atoms. The predicted molar refractivity (Wildman–Crippen MR) is 112 cm³/mol. The number of nitrogens with one attached hydrogen (secondary N) is 1. The summed E-state index contributed by atoms with van der Waals surface area (Å²) >= 11 is 2.69. The Labute approximate surface area is 170 Å². The lowest BCUT2D eigenvalue weighted by Gasteiger charge is -2.13. The van der Waals surface area contributed by atoms with E-state index in [2.05, 4.69) is 15.5 Å². The molecule has 3 aromatic rings. The van der Waals surface area contributed by atoms with Crippen molar-refractivity contribution in [2.45, 2.75) is 30.4 Å². The Hall–Kier alpha value is -2.78. The number of hydrogen-bond acceptors (Lipinski definition) is 7. The summed E-state index contributed by atoms with van der Waals surface area (Å²) in [5.74, 6) is -0.144. The highest BCUT2D eigenvalue weighted by molar-refractivity contribution is 8.00. The van der Waals surface area contributed by atoms with Gasteiger partial charge in [0.25, 0.3) is 5.69 Å². The van der Waals surface area contributed by atoms with Crippen molar-refractivity contribution in [3.05, 3.63) is 64.2 Å². The number of hydrogen-bond donors (Lipinski definition) is 1. The van der Waals surface area contributed by atoms with Gasteiger partial charge in [-0.15, -0.1) is 22.0 Å². The van der Waals surface area contributed by atoms with Gasteiger partial charge in [0.15, 0.2) is 0 Å². The number of thioether (sulfide) groups is 1. The quantitative estimate of drug-likeness (QED) is 0.334. The van der Waals surface area contributed by atoms with Gasteiger partial charge in [0.05, 0.1) is 10.2 Å². The van der Waals surface area contributed by atoms with Crippen LogP contribution in [0.15, 0.2) is 53.4 Å². The fourth-order valence-corrected chi connectivity index (χ4v) is 4.13. The van der Waals surface area contributed by atoms with Gasteiger partial charge in [0, 0.05) is 22.6 Å². The number of carbonyl (C=O) groups is 1. The molecule has 1 aromatic heterocycles. The SMILES string of the molecule is CCC(Sc1ccc(C)cc1)C(=O)Nc1nnc(-c2cccc([N+](=O)[O-])c2)s1. The Morgan fingerprint density at radius 2 is 2.00 bits per heavy atom. The number of nitrogens with zero attached hydrogens (tertiary/aromatic N) is 3. The van der Waals surface area contributed by atoms with E-state index < -0.39 is 4.92 Å². The number of amides is 1. The Bertz CT molecular complexity index is 989. The summed E-state index contributed by atoms with van der Waals surface area (Å²) in [5, 5.41) is 22.4. The summed E-state index contributed by atoms with van der Waals surface area (Å²) in [6, 6.07) is 14.2. The monoisotopic (exact) mass is 414 g/mol. The maximum atomic E-state index is 12.6. The highest BCUT2D eigenvalue weighted by atomic mass is 32.2. The van der Waals surface area contributed by atoms with E-state index in [1.165, 1.54) is 40.8 Å². The topological polar surface area (TPSA) is 98.0 Å². The predicted octanol–water partition coefficient (Wildman–Crippen LogP) is 4.93. The van der Waals surface area contributed by atoms with Gasteiger partial charge in [-0.05, 0) is 25.5 Å². The van der Waals surface area contributed by atoms with Gasteiger partial charge in [-0.2, -0.15) is 0 Å². The molecule has 0 aliphatic rings. The average Bonchev–Trinajstić information content (AvgIpc) is 3.16. The van der Waals surface area contributed by atoms with Gasteiger partial charge < -0.3 is 0 Å². The number of benzene rings is 2. The summed E-state index contributed by atoms with van der Waals surface area (Å²) in [4.78, 5) is 24.1. The van der Waals surface area contributed by atoms with Crippen molar-refractivity contribution in [2.75, 3.05) is 5.32 Å². The van der Waals surface area contributed by atoms with E-state index in [1.54, 1.807) is 12.1 Å². The van der Waals surface area contributed by atoms with Crippen LogP contribution in [0.3, 0.4) is 0 Å². The molecule has 1 amide bonds. The maximum Gasteiger partial charge on any atom is 0.270 e. The van der Waals surface area contributed by atoms with Crippen LogP contribution in [0.4, 0.5) is 10.8 Å². The fourth-order valence-electron chi connectivity index (χ4n) is 2.43. The molecule has 9 heteroatoms. The van der Waals surface area contributed by atoms with E-state index in [1.807, 2.05) is 38.1 Å². The molecule has 0 spiro atoms. The van der Waals surface area contributed by atoms with Crippen LogP contribution in [0, 0.1) is 17.0 Å². The van der Waals surface area contributed by atoms with Crippen LogP contribution in [0.25, 0.3) is 10.6 Å². The van der Waals surface area contributed by atoms with Crippen molar-refractivity contribution in [2.24, 2.45) is 0 Å². The lowest BCUT2D eigenvalue weighted by molar-refractivity contribution is -0.384. The molecule has 0 fully saturated rings. The molecule has 2 aromatic carbocycles. The Balaban J connectivity index is 1.69. The van der Waals surface area contributed by atoms with Gasteiger partial charge in [0.1, 0.15) is 5.01 Å². The van der Waals surface area contributed by atoms with Crippen molar-refractivity contribution in [1.29, 1.82) is 0 Å². The van der Waals surface area contributed by atoms with Crippen molar-refractivity contribution >= 4 is 39.8 Å². The molecule has 0 radical (unpaired) electrons. The van der Waals surface area contributed by atoms with Crippen molar-refractivity contribution in [1.82, 2.24) is 10.2 Å². The molecule has 1 atom stereocenters. The number of aryl methyl sites for hydroxylation is 1. The normalized spacial score (nSPS) is 11.8. The number of anilines is 1. The second-order valence-corrected chi connectivity index (χ2v) is 8.29. The second-order valence-electron chi connectivity index (χ2n) is 6.04. The zero-order chi connectivity index (χ0) is 20.1. The summed E-state index contributed by atoms with van der Waals surface area (Å²) in [7, 11) is 0. The minimum absolute atomic E-state index is 0.0150. The van der Waals surface area contributed by atoms with Crippen molar-refractivity contribution in [3.63, 3.8) is 0 Å². The first kappa shape index (κ1) is 20.0. The van der Waals surface area contributed by atoms with E-state index >= 15 is 0 Å². The van der Waals surface area contributed by atoms with Crippen LogP contribution in [0.1, 0.15) is 18.9 Å². The Morgan fingerprint density at radius 3 is 2.68 bits per heavy atom. The van der Waals surface area contributed by atoms with Crippen LogP contribution >= 0.6 is 23.1 Å². The highest BCUT2D eigenvalue weighted by Gasteiger charge is 2.20. The molecule has 0 saturated heterocycles. The van der Waals surface area contributed by atoms with E-state index in [-0.39, 0.29) is 16.8 Å². The number of aromatic nitrogens is 2. The lowest BCUT2D eigenvalue weighted by atomic mass is 10.2. The van der Waals surface area contributed by atoms with Gasteiger partial charge >= 0.3 is 0 Å². The first-order chi connectivity index (χ1) is 13.5. The summed E-state index contributed by atoms with van der Waals surface area (Å²) in [6.07, 6.45) is 0.668. The van der Waals surface area contributed by atoms with E-state index in [4.69, 9.17) is 0 Å². The van der Waals surface area contributed by atoms with Gasteiger partial charge in [-0.25, -0.2) is 0 Å². The summed E-state index contributed by atoms with van der Waals surface area (Å²) in [6.45, 7) is 3.98. The molecule has 1 N–H and O–H groups in total. The highest BCUT2D eigenvalue weighted by Crippen LogP contribution is 2.30. The van der Waals surface area contributed by atoms with E-state index in [9.17, 15) is 14.9 Å². The molecular weight excluding hydrogens is 396 g/mol. The first-order valence-corrected chi connectivity index (χ1v) is 10.3. The lowest BCUT2D eigenvalue weighted by Crippen LogP contribution is -2.24. The fraction of sp³-hybridized carbons (Fsp3) is 0.211. The van der Waals surface area contributed by atoms with Crippen LogP contribution in [0.5, 0.6) is 0 Å². The second kappa shape index (κ2) is 8.94. The van der Waals surface area contributed by atoms with E-state index in [0.29, 0.717) is 22.1 Å². The van der Waals surface area contributed by atoms with Gasteiger partial charge in [-0.1, -0.05) is 48.1 Å². The summed E-state index contributed by atoms with van der Waals surface area (Å²) in [5.41, 5.74) is 1.75. The third kappa shape index (κ3) is 4.93. The van der Waals surface area contributed by atoms with Gasteiger partial charge in [-0.3, -0.25) is 20.2 Å². The third-order valence-electron chi connectivity index (χ3n) is 3.92. The molecule has 144 valence electrons. The molecule has 7 nitrogen and oxygen atoms in total. The van der Waals surface area contributed by atoms with Gasteiger partial charge in [0.2, 0.25) is 11.0 Å². The number of nitro benzene ring substituents is 1. The molecule has 0 aliphatic carbocycles. The zero-order valence-corrected chi connectivity index (χ0v) is 16.9. The molecule has 1 heterocycles. The zero-order valence-electron chi connectivity index (χ0n) is 15.3. The minimum atomic E-state index is -0.457. The average molecular weight is 415 g/mol. The number of nitro groups is 1. The van der Waals surface area contributed by atoms with Crippen molar-refractivity contribution < 1.29 is 9.72 Å². The number of carbonyl (C=O) groups excluding carboxylic acids is 1. The van der Waals surface area contributed by atoms with E-state index in [0.717, 1.165) is 4.90 Å². The first-order valence-electron chi connectivity index (χ1n) is 8.58. The standard InChI is InChI=1S/C19H18N4O3S2/c1-3-16(27-15-9-7-12(2)8-10-15)17(24)20-19-22-21-18(28-19)13-5-4-6-14(11-13)23(25)26/h4-11,16H,3H2,1-2H3,(H,20,22,24). The molecule has 0 saturated carbocycles. The van der Waals surface area contributed by atoms with Crippen LogP contribution in [-0.4, -0.2) is 26.3 Å². The Kier molecular flexibility index (Phi) is 6.37. The van der Waals surface area contributed by atoms with Crippen LogP contribution in [-0.2, 0) is 4.79 Å². The maximum absolute atomic E-state index is 12.6. The van der Waals surface area contributed by atoms with Crippen LogP contribution in [0.2, 0.25) is 0 Å². The number of rotatable bonds is 7. The smallest absolute Gasteiger partial charge is 0.270 e. The van der Waals surface area contributed by atoms with Crippen LogP contribution < -0.4 is 5.32 Å². The molecule has 0 aliphatic heterocycles. The number of non-ortho nitro benzene ring substituents is 1. The minimum Gasteiger partial charge on any atom is -0.300 e. The Morgan fingerprint density at radius 1 is 1.25 bits per heavy atom. The van der Waals surface area contributed by atoms with Crippen molar-refractivity contribution in [3.8, 4) is 10.6 Å². The molecular formula is C19H18N4O3S2. The summed E-state index contributed by atoms with van der Waals surface area (Å²) < 4.78 is 0. The largest absolute Gasteiger partial charge is 0.300 e. The molecule has 3 rings (SSSR count). The third-order valence-corrected chi connectivity index (χ3v) is 6.19. The molecule has 1 unspecified atom stereocenters. The molecule has 0 bridgehead atoms.